The summed E-state index contributed by atoms with van der Waals surface area (Å²) in [4.78, 5) is 13.8. The van der Waals surface area contributed by atoms with Crippen LogP contribution in [0.2, 0.25) is 0 Å². The van der Waals surface area contributed by atoms with E-state index in [2.05, 4.69) is 44.7 Å². The predicted octanol–water partition coefficient (Wildman–Crippen LogP) is 2.59. The molecular formula is C13H17NOS. The van der Waals surface area contributed by atoms with Crippen molar-refractivity contribution in [1.29, 1.82) is 0 Å². The van der Waals surface area contributed by atoms with Gasteiger partial charge in [-0.15, -0.1) is 0 Å². The molecule has 0 spiro atoms. The number of carbonyl (C=O) groups excluding carboxylic acids is 1. The van der Waals surface area contributed by atoms with Crippen molar-refractivity contribution in [1.82, 2.24) is 0 Å². The fourth-order valence-electron chi connectivity index (χ4n) is 2.30. The molecule has 1 aromatic rings. The second-order valence-electron chi connectivity index (χ2n) is 4.30. The molecule has 0 saturated carbocycles. The van der Waals surface area contributed by atoms with Crippen molar-refractivity contribution in [3.05, 3.63) is 29.3 Å². The van der Waals surface area contributed by atoms with Gasteiger partial charge in [0.1, 0.15) is 0 Å². The van der Waals surface area contributed by atoms with Crippen LogP contribution in [0.25, 0.3) is 0 Å². The van der Waals surface area contributed by atoms with E-state index in [1.54, 1.807) is 0 Å². The SMILES string of the molecule is CCc1cccc(C)c1N1CC(S)CC1=O. The van der Waals surface area contributed by atoms with Crippen molar-refractivity contribution >= 4 is 24.2 Å². The molecule has 1 fully saturated rings. The largest absolute Gasteiger partial charge is 0.311 e. The van der Waals surface area contributed by atoms with E-state index in [9.17, 15) is 4.79 Å². The fourth-order valence-corrected chi connectivity index (χ4v) is 2.62. The molecule has 0 aliphatic carbocycles. The van der Waals surface area contributed by atoms with Crippen LogP contribution in [-0.4, -0.2) is 17.7 Å². The van der Waals surface area contributed by atoms with E-state index < -0.39 is 0 Å². The molecule has 0 N–H and O–H groups in total. The molecule has 0 radical (unpaired) electrons. The number of anilines is 1. The Morgan fingerprint density at radius 1 is 1.50 bits per heavy atom. The number of aryl methyl sites for hydroxylation is 2. The van der Waals surface area contributed by atoms with Crippen molar-refractivity contribution in [3.63, 3.8) is 0 Å². The van der Waals surface area contributed by atoms with Gasteiger partial charge in [-0.2, -0.15) is 12.6 Å². The number of hydrogen-bond acceptors (Lipinski definition) is 2. The molecular weight excluding hydrogens is 218 g/mol. The molecule has 1 atom stereocenters. The van der Waals surface area contributed by atoms with Crippen LogP contribution in [0.15, 0.2) is 18.2 Å². The molecule has 1 aromatic carbocycles. The summed E-state index contributed by atoms with van der Waals surface area (Å²) < 4.78 is 0. The van der Waals surface area contributed by atoms with Gasteiger partial charge in [0.15, 0.2) is 0 Å². The third-order valence-electron chi connectivity index (χ3n) is 3.08. The zero-order valence-electron chi connectivity index (χ0n) is 9.73. The topological polar surface area (TPSA) is 20.3 Å². The predicted molar refractivity (Wildman–Crippen MR) is 70.3 cm³/mol. The number of rotatable bonds is 2. The third-order valence-corrected chi connectivity index (χ3v) is 3.42. The van der Waals surface area contributed by atoms with Crippen molar-refractivity contribution in [2.45, 2.75) is 31.9 Å². The van der Waals surface area contributed by atoms with Gasteiger partial charge in [0.05, 0.1) is 0 Å². The first kappa shape index (κ1) is 11.5. The van der Waals surface area contributed by atoms with Crippen LogP contribution in [0.1, 0.15) is 24.5 Å². The third kappa shape index (κ3) is 1.96. The average Bonchev–Trinajstić information content (AvgIpc) is 2.57. The summed E-state index contributed by atoms with van der Waals surface area (Å²) >= 11 is 4.40. The molecule has 1 saturated heterocycles. The molecule has 2 rings (SSSR count). The lowest BCUT2D eigenvalue weighted by Gasteiger charge is -2.22. The lowest BCUT2D eigenvalue weighted by Crippen LogP contribution is -2.26. The Kier molecular flexibility index (Phi) is 3.24. The number of benzene rings is 1. The number of amides is 1. The van der Waals surface area contributed by atoms with E-state index >= 15 is 0 Å². The van der Waals surface area contributed by atoms with Crippen LogP contribution in [0.3, 0.4) is 0 Å². The molecule has 0 aromatic heterocycles. The van der Waals surface area contributed by atoms with Crippen LogP contribution in [-0.2, 0) is 11.2 Å². The lowest BCUT2D eigenvalue weighted by atomic mass is 10.0. The number of para-hydroxylation sites is 1. The van der Waals surface area contributed by atoms with Gasteiger partial charge < -0.3 is 4.90 Å². The summed E-state index contributed by atoms with van der Waals surface area (Å²) in [5.41, 5.74) is 3.53. The second-order valence-corrected chi connectivity index (χ2v) is 5.03. The minimum Gasteiger partial charge on any atom is -0.311 e. The summed E-state index contributed by atoms with van der Waals surface area (Å²) in [7, 11) is 0. The van der Waals surface area contributed by atoms with E-state index in [0.29, 0.717) is 6.42 Å². The van der Waals surface area contributed by atoms with E-state index in [1.165, 1.54) is 11.1 Å². The van der Waals surface area contributed by atoms with E-state index in [-0.39, 0.29) is 11.2 Å². The molecule has 1 aliphatic rings. The first-order chi connectivity index (χ1) is 7.63. The van der Waals surface area contributed by atoms with Gasteiger partial charge in [-0.25, -0.2) is 0 Å². The van der Waals surface area contributed by atoms with Crippen LogP contribution in [0.4, 0.5) is 5.69 Å². The number of nitrogens with zero attached hydrogens (tertiary/aromatic N) is 1. The Hall–Kier alpha value is -0.960. The summed E-state index contributed by atoms with van der Waals surface area (Å²) in [6.45, 7) is 4.92. The maximum Gasteiger partial charge on any atom is 0.228 e. The maximum atomic E-state index is 11.9. The Balaban J connectivity index is 2.43. The van der Waals surface area contributed by atoms with Crippen LogP contribution >= 0.6 is 12.6 Å². The van der Waals surface area contributed by atoms with E-state index in [0.717, 1.165) is 18.7 Å². The van der Waals surface area contributed by atoms with Gasteiger partial charge in [0.25, 0.3) is 0 Å². The molecule has 2 nitrogen and oxygen atoms in total. The molecule has 86 valence electrons. The molecule has 16 heavy (non-hydrogen) atoms. The average molecular weight is 235 g/mol. The minimum atomic E-state index is 0.178. The Morgan fingerprint density at radius 2 is 2.25 bits per heavy atom. The van der Waals surface area contributed by atoms with Gasteiger partial charge in [-0.3, -0.25) is 4.79 Å². The molecule has 1 heterocycles. The Labute approximate surface area is 102 Å². The first-order valence-corrected chi connectivity index (χ1v) is 6.22. The summed E-state index contributed by atoms with van der Waals surface area (Å²) in [5.74, 6) is 0.198. The van der Waals surface area contributed by atoms with Gasteiger partial charge in [0.2, 0.25) is 5.91 Å². The highest BCUT2D eigenvalue weighted by atomic mass is 32.1. The Morgan fingerprint density at radius 3 is 2.81 bits per heavy atom. The molecule has 1 amide bonds. The van der Waals surface area contributed by atoms with Crippen LogP contribution < -0.4 is 4.90 Å². The fraction of sp³-hybridized carbons (Fsp3) is 0.462. The highest BCUT2D eigenvalue weighted by molar-refractivity contribution is 7.81. The zero-order chi connectivity index (χ0) is 11.7. The van der Waals surface area contributed by atoms with Crippen molar-refractivity contribution in [2.75, 3.05) is 11.4 Å². The Bertz CT molecular complexity index is 416. The number of thiol groups is 1. The highest BCUT2D eigenvalue weighted by Gasteiger charge is 2.30. The van der Waals surface area contributed by atoms with Gasteiger partial charge in [-0.05, 0) is 24.5 Å². The van der Waals surface area contributed by atoms with Crippen molar-refractivity contribution < 1.29 is 4.79 Å². The van der Waals surface area contributed by atoms with Crippen LogP contribution in [0.5, 0.6) is 0 Å². The lowest BCUT2D eigenvalue weighted by molar-refractivity contribution is -0.117. The van der Waals surface area contributed by atoms with E-state index in [4.69, 9.17) is 0 Å². The van der Waals surface area contributed by atoms with Gasteiger partial charge in [0, 0.05) is 23.9 Å². The quantitative estimate of drug-likeness (QED) is 0.781. The second kappa shape index (κ2) is 4.50. The van der Waals surface area contributed by atoms with Crippen LogP contribution in [0, 0.1) is 6.92 Å². The standard InChI is InChI=1S/C13H17NOS/c1-3-10-6-4-5-9(2)13(10)14-8-11(16)7-12(14)15/h4-6,11,16H,3,7-8H2,1-2H3. The smallest absolute Gasteiger partial charge is 0.228 e. The summed E-state index contributed by atoms with van der Waals surface area (Å²) in [6.07, 6.45) is 1.51. The zero-order valence-corrected chi connectivity index (χ0v) is 10.6. The summed E-state index contributed by atoms with van der Waals surface area (Å²) in [5, 5.41) is 0.178. The van der Waals surface area contributed by atoms with Gasteiger partial charge in [-0.1, -0.05) is 25.1 Å². The monoisotopic (exact) mass is 235 g/mol. The first-order valence-electron chi connectivity index (χ1n) is 5.70. The van der Waals surface area contributed by atoms with E-state index in [1.807, 2.05) is 4.90 Å². The normalized spacial score (nSPS) is 20.6. The molecule has 3 heteroatoms. The maximum absolute atomic E-state index is 11.9. The highest BCUT2D eigenvalue weighted by Crippen LogP contribution is 2.30. The summed E-state index contributed by atoms with van der Waals surface area (Å²) in [6, 6.07) is 6.21. The molecule has 1 aliphatic heterocycles. The number of hydrogen-bond donors (Lipinski definition) is 1. The number of carbonyl (C=O) groups is 1. The molecule has 0 bridgehead atoms. The van der Waals surface area contributed by atoms with Crippen molar-refractivity contribution in [2.24, 2.45) is 0 Å². The van der Waals surface area contributed by atoms with Gasteiger partial charge >= 0.3 is 0 Å². The van der Waals surface area contributed by atoms with Crippen molar-refractivity contribution in [3.8, 4) is 0 Å². The minimum absolute atomic E-state index is 0.178. The molecule has 1 unspecified atom stereocenters.